The molecular weight excluding hydrogens is 412 g/mol. The number of hydrogen-bond acceptors (Lipinski definition) is 5. The van der Waals surface area contributed by atoms with E-state index in [1.807, 2.05) is 45.2 Å². The number of carbonyl (C=O) groups is 3. The Morgan fingerprint density at radius 2 is 1.91 bits per heavy atom. The van der Waals surface area contributed by atoms with Gasteiger partial charge in [-0.1, -0.05) is 17.7 Å². The third kappa shape index (κ3) is 5.49. The molecule has 2 aromatic rings. The van der Waals surface area contributed by atoms with Gasteiger partial charge in [-0.25, -0.2) is 0 Å². The Balaban J connectivity index is 0.000000913. The molecule has 2 heterocycles. The van der Waals surface area contributed by atoms with Crippen LogP contribution in [0.3, 0.4) is 0 Å². The number of benzene rings is 1. The number of nitrogens with zero attached hydrogens (tertiary/aromatic N) is 1. The first-order chi connectivity index (χ1) is 15.3. The summed E-state index contributed by atoms with van der Waals surface area (Å²) in [6, 6.07) is 9.80. The number of fused-ring (bicyclic) bond motifs is 1. The van der Waals surface area contributed by atoms with Gasteiger partial charge >= 0.3 is 0 Å². The topological polar surface area (TPSA) is 109 Å². The number of ether oxygens (including phenoxy) is 1. The number of rotatable bonds is 5. The number of amides is 2. The quantitative estimate of drug-likeness (QED) is 0.689. The highest BCUT2D eigenvalue weighted by molar-refractivity contribution is 5.92. The van der Waals surface area contributed by atoms with E-state index in [4.69, 9.17) is 19.1 Å². The number of nitrogens with one attached hydrogen (secondary N) is 1. The van der Waals surface area contributed by atoms with Gasteiger partial charge < -0.3 is 24.5 Å². The van der Waals surface area contributed by atoms with Crippen molar-refractivity contribution in [2.75, 3.05) is 13.6 Å². The van der Waals surface area contributed by atoms with Crippen LogP contribution in [0.15, 0.2) is 34.7 Å². The summed E-state index contributed by atoms with van der Waals surface area (Å²) in [4.78, 5) is 34.8. The smallest absolute Gasteiger partial charge is 0.290 e. The largest absolute Gasteiger partial charge is 0.489 e. The van der Waals surface area contributed by atoms with Gasteiger partial charge in [0.05, 0.1) is 0 Å². The van der Waals surface area contributed by atoms with Gasteiger partial charge in [0.1, 0.15) is 18.1 Å². The summed E-state index contributed by atoms with van der Waals surface area (Å²) in [7, 11) is 1.83. The van der Waals surface area contributed by atoms with Crippen LogP contribution < -0.4 is 10.1 Å². The fraction of sp³-hybridized carbons (Fsp3) is 0.458. The predicted molar refractivity (Wildman–Crippen MR) is 117 cm³/mol. The molecule has 1 aromatic heterocycles. The highest BCUT2D eigenvalue weighted by atomic mass is 16.5. The molecule has 0 unspecified atom stereocenters. The summed E-state index contributed by atoms with van der Waals surface area (Å²) in [5.41, 5.74) is 2.05. The summed E-state index contributed by atoms with van der Waals surface area (Å²) < 4.78 is 11.6. The lowest BCUT2D eigenvalue weighted by molar-refractivity contribution is -0.124. The lowest BCUT2D eigenvalue weighted by Gasteiger charge is -2.24. The van der Waals surface area contributed by atoms with Crippen LogP contribution in [0.2, 0.25) is 0 Å². The Kier molecular flexibility index (Phi) is 7.56. The Labute approximate surface area is 187 Å². The van der Waals surface area contributed by atoms with Gasteiger partial charge in [-0.3, -0.25) is 14.4 Å². The second-order valence-corrected chi connectivity index (χ2v) is 8.47. The highest BCUT2D eigenvalue weighted by Gasteiger charge is 2.41. The van der Waals surface area contributed by atoms with Crippen LogP contribution in [-0.4, -0.2) is 47.9 Å². The highest BCUT2D eigenvalue weighted by Crippen LogP contribution is 2.38. The third-order valence-corrected chi connectivity index (χ3v) is 6.34. The molecule has 2 aliphatic rings. The van der Waals surface area contributed by atoms with Crippen LogP contribution in [0, 0.1) is 25.7 Å². The van der Waals surface area contributed by atoms with E-state index in [0.717, 1.165) is 30.7 Å². The molecule has 0 radical (unpaired) electrons. The second kappa shape index (κ2) is 10.3. The summed E-state index contributed by atoms with van der Waals surface area (Å²) in [5.74, 6) is 2.68. The first kappa shape index (κ1) is 23.4. The molecule has 0 spiro atoms. The number of aryl methyl sites for hydroxylation is 2. The van der Waals surface area contributed by atoms with Gasteiger partial charge in [0.15, 0.2) is 5.76 Å². The van der Waals surface area contributed by atoms with Crippen LogP contribution in [0.5, 0.6) is 5.75 Å². The number of carboxylic acid groups (broad SMARTS) is 1. The van der Waals surface area contributed by atoms with Crippen molar-refractivity contribution in [3.05, 3.63) is 53.0 Å². The van der Waals surface area contributed by atoms with Crippen LogP contribution in [0.25, 0.3) is 0 Å². The summed E-state index contributed by atoms with van der Waals surface area (Å²) in [6.07, 6.45) is 2.38. The number of carbonyl (C=O) groups excluding carboxylic acids is 2. The van der Waals surface area contributed by atoms with Gasteiger partial charge in [0.25, 0.3) is 12.4 Å². The van der Waals surface area contributed by atoms with Crippen LogP contribution in [0.1, 0.15) is 46.7 Å². The first-order valence-electron chi connectivity index (χ1n) is 10.7. The molecule has 1 aliphatic heterocycles. The minimum absolute atomic E-state index is 0.113. The molecule has 1 aromatic carbocycles. The van der Waals surface area contributed by atoms with Crippen molar-refractivity contribution < 1.29 is 28.6 Å². The summed E-state index contributed by atoms with van der Waals surface area (Å²) >= 11 is 0. The van der Waals surface area contributed by atoms with Gasteiger partial charge in [-0.15, -0.1) is 0 Å². The summed E-state index contributed by atoms with van der Waals surface area (Å²) in [6.45, 7) is 4.72. The normalized spacial score (nSPS) is 21.6. The zero-order valence-corrected chi connectivity index (χ0v) is 18.7. The molecule has 8 heteroatoms. The van der Waals surface area contributed by atoms with E-state index in [1.165, 1.54) is 5.56 Å². The molecule has 4 rings (SSSR count). The average Bonchev–Trinajstić information content (AvgIpc) is 3.36. The van der Waals surface area contributed by atoms with E-state index < -0.39 is 0 Å². The molecule has 0 bridgehead atoms. The standard InChI is InChI=1S/C23H28N2O4.CH2O2/c1-14-4-6-20(7-5-14)28-13-18-10-21(29-15(18)2)23(27)25(3)19-8-16-11-22(26)24-12-17(16)9-19;2-1-3/h4-7,10,16-17,19H,8-9,11-13H2,1-3H3,(H,24,26);1H,(H,2,3)/t16-,17+,19-;/m0./s1. The van der Waals surface area contributed by atoms with Gasteiger partial charge in [-0.2, -0.15) is 0 Å². The SMILES string of the molecule is Cc1ccc(OCc2cc(C(=O)N(C)[C@H]3C[C@H]4CC(=O)NC[C@H]4C3)oc2C)cc1.O=CO. The molecule has 172 valence electrons. The van der Waals surface area contributed by atoms with E-state index >= 15 is 0 Å². The minimum atomic E-state index is -0.250. The van der Waals surface area contributed by atoms with E-state index in [0.29, 0.717) is 36.4 Å². The van der Waals surface area contributed by atoms with Crippen molar-refractivity contribution in [3.8, 4) is 5.75 Å². The maximum atomic E-state index is 13.0. The van der Waals surface area contributed by atoms with Crippen molar-refractivity contribution in [1.29, 1.82) is 0 Å². The van der Waals surface area contributed by atoms with Crippen molar-refractivity contribution in [3.63, 3.8) is 0 Å². The fourth-order valence-corrected chi connectivity index (χ4v) is 4.46. The molecule has 32 heavy (non-hydrogen) atoms. The monoisotopic (exact) mass is 442 g/mol. The Morgan fingerprint density at radius 1 is 1.25 bits per heavy atom. The van der Waals surface area contributed by atoms with Crippen LogP contribution in [-0.2, 0) is 16.2 Å². The molecule has 3 atom stereocenters. The molecule has 1 saturated heterocycles. The first-order valence-corrected chi connectivity index (χ1v) is 10.7. The zero-order chi connectivity index (χ0) is 23.3. The average molecular weight is 443 g/mol. The van der Waals surface area contributed by atoms with Crippen molar-refractivity contribution in [1.82, 2.24) is 10.2 Å². The lowest BCUT2D eigenvalue weighted by Crippen LogP contribution is -2.38. The molecule has 2 fully saturated rings. The number of piperidine rings is 1. The van der Waals surface area contributed by atoms with Crippen LogP contribution in [0.4, 0.5) is 0 Å². The second-order valence-electron chi connectivity index (χ2n) is 8.47. The molecule has 2 amide bonds. The van der Waals surface area contributed by atoms with Gasteiger partial charge in [0, 0.05) is 31.6 Å². The molecular formula is C24H30N2O6. The van der Waals surface area contributed by atoms with E-state index in [1.54, 1.807) is 11.0 Å². The van der Waals surface area contributed by atoms with Crippen molar-refractivity contribution >= 4 is 18.3 Å². The van der Waals surface area contributed by atoms with Gasteiger partial charge in [0.2, 0.25) is 5.91 Å². The molecule has 1 saturated carbocycles. The Hall–Kier alpha value is -3.29. The maximum absolute atomic E-state index is 13.0. The third-order valence-electron chi connectivity index (χ3n) is 6.34. The van der Waals surface area contributed by atoms with Crippen LogP contribution >= 0.6 is 0 Å². The van der Waals surface area contributed by atoms with E-state index in [-0.39, 0.29) is 24.3 Å². The zero-order valence-electron chi connectivity index (χ0n) is 18.7. The number of furan rings is 1. The molecule has 2 N–H and O–H groups in total. The maximum Gasteiger partial charge on any atom is 0.290 e. The van der Waals surface area contributed by atoms with E-state index in [2.05, 4.69) is 5.32 Å². The predicted octanol–water partition coefficient (Wildman–Crippen LogP) is 3.16. The lowest BCUT2D eigenvalue weighted by atomic mass is 9.89. The summed E-state index contributed by atoms with van der Waals surface area (Å²) in [5, 5.41) is 9.83. The molecule has 8 nitrogen and oxygen atoms in total. The molecule has 1 aliphatic carbocycles. The van der Waals surface area contributed by atoms with Gasteiger partial charge in [-0.05, 0) is 56.7 Å². The minimum Gasteiger partial charge on any atom is -0.489 e. The van der Waals surface area contributed by atoms with Crippen molar-refractivity contribution in [2.24, 2.45) is 11.8 Å². The Morgan fingerprint density at radius 3 is 2.59 bits per heavy atom. The number of hydrogen-bond donors (Lipinski definition) is 2. The van der Waals surface area contributed by atoms with E-state index in [9.17, 15) is 9.59 Å². The fourth-order valence-electron chi connectivity index (χ4n) is 4.46. The van der Waals surface area contributed by atoms with Crippen molar-refractivity contribution in [2.45, 2.75) is 45.8 Å². The Bertz CT molecular complexity index is 952.